The first-order valence-electron chi connectivity index (χ1n) is 7.89. The average Bonchev–Trinajstić information content (AvgIpc) is 2.88. The van der Waals surface area contributed by atoms with Crippen LogP contribution in [0.1, 0.15) is 46.0 Å². The number of aliphatic imine (C=N–C) groups is 1. The number of thioether (sulfide) groups is 1. The fraction of sp³-hybridized carbons (Fsp3) is 0.933. The number of nitrogens with one attached hydrogen (secondary N) is 1. The summed E-state index contributed by atoms with van der Waals surface area (Å²) in [6.45, 7) is 7.94. The Morgan fingerprint density at radius 3 is 2.84 bits per heavy atom. The highest BCUT2D eigenvalue weighted by atomic mass is 32.2. The largest absolute Gasteiger partial charge is 0.363 e. The van der Waals surface area contributed by atoms with Crippen molar-refractivity contribution in [3.05, 3.63) is 0 Å². The molecule has 0 aromatic heterocycles. The van der Waals surface area contributed by atoms with Gasteiger partial charge in [0.05, 0.1) is 6.54 Å². The molecule has 4 heteroatoms. The number of amidine groups is 1. The van der Waals surface area contributed by atoms with Crippen molar-refractivity contribution in [3.63, 3.8) is 0 Å². The molecule has 0 saturated carbocycles. The van der Waals surface area contributed by atoms with Gasteiger partial charge in [0, 0.05) is 17.8 Å². The van der Waals surface area contributed by atoms with Crippen LogP contribution in [0.4, 0.5) is 0 Å². The van der Waals surface area contributed by atoms with E-state index >= 15 is 0 Å². The number of piperidine rings is 1. The number of rotatable bonds is 5. The summed E-state index contributed by atoms with van der Waals surface area (Å²) in [7, 11) is 2.25. The monoisotopic (exact) mass is 283 g/mol. The predicted molar refractivity (Wildman–Crippen MR) is 86.0 cm³/mol. The Kier molecular flexibility index (Phi) is 6.02. The highest BCUT2D eigenvalue weighted by molar-refractivity contribution is 8.14. The minimum absolute atomic E-state index is 0.698. The number of hydrogen-bond donors (Lipinski definition) is 1. The third-order valence-electron chi connectivity index (χ3n) is 4.66. The summed E-state index contributed by atoms with van der Waals surface area (Å²) in [4.78, 5) is 7.19. The summed E-state index contributed by atoms with van der Waals surface area (Å²) in [5.74, 6) is 0.824. The highest BCUT2D eigenvalue weighted by Gasteiger charge is 2.26. The van der Waals surface area contributed by atoms with Gasteiger partial charge in [-0.15, -0.1) is 0 Å². The first-order valence-corrected chi connectivity index (χ1v) is 8.77. The summed E-state index contributed by atoms with van der Waals surface area (Å²) in [5.41, 5.74) is 0. The zero-order valence-corrected chi connectivity index (χ0v) is 13.5. The topological polar surface area (TPSA) is 27.6 Å². The van der Waals surface area contributed by atoms with Crippen molar-refractivity contribution in [2.75, 3.05) is 26.7 Å². The van der Waals surface area contributed by atoms with Crippen molar-refractivity contribution < 1.29 is 0 Å². The summed E-state index contributed by atoms with van der Waals surface area (Å²) >= 11 is 1.98. The number of hydrogen-bond acceptors (Lipinski definition) is 4. The van der Waals surface area contributed by atoms with Gasteiger partial charge in [0.25, 0.3) is 0 Å². The van der Waals surface area contributed by atoms with Gasteiger partial charge in [-0.2, -0.15) is 0 Å². The molecule has 0 aliphatic carbocycles. The maximum absolute atomic E-state index is 4.69. The first kappa shape index (κ1) is 15.2. The third-order valence-corrected chi connectivity index (χ3v) is 6.00. The number of nitrogens with zero attached hydrogens (tertiary/aromatic N) is 2. The van der Waals surface area contributed by atoms with Crippen molar-refractivity contribution in [2.24, 2.45) is 10.9 Å². The molecule has 2 unspecified atom stereocenters. The molecular weight excluding hydrogens is 254 g/mol. The second kappa shape index (κ2) is 7.53. The molecule has 0 aromatic rings. The molecule has 1 fully saturated rings. The van der Waals surface area contributed by atoms with Crippen LogP contribution in [-0.2, 0) is 0 Å². The standard InChI is InChI=1S/C15H29N3S/c1-4-12(5-2)14-11-17-15(19-14)16-10-13-8-6-7-9-18(13)3/h12-14H,4-11H2,1-3H3,(H,16,17). The Labute approximate surface area is 122 Å². The van der Waals surface area contributed by atoms with Crippen molar-refractivity contribution in [3.8, 4) is 0 Å². The molecule has 1 N–H and O–H groups in total. The van der Waals surface area contributed by atoms with Gasteiger partial charge in [-0.05, 0) is 32.4 Å². The van der Waals surface area contributed by atoms with Crippen LogP contribution in [0.5, 0.6) is 0 Å². The van der Waals surface area contributed by atoms with E-state index in [4.69, 9.17) is 4.99 Å². The summed E-state index contributed by atoms with van der Waals surface area (Å²) < 4.78 is 0. The van der Waals surface area contributed by atoms with Crippen LogP contribution in [0.3, 0.4) is 0 Å². The average molecular weight is 283 g/mol. The van der Waals surface area contributed by atoms with E-state index in [-0.39, 0.29) is 0 Å². The molecule has 0 bridgehead atoms. The number of likely N-dealkylation sites (tertiary alicyclic amines) is 1. The molecule has 2 aliphatic rings. The normalized spacial score (nSPS) is 28.7. The van der Waals surface area contributed by atoms with E-state index in [9.17, 15) is 0 Å². The molecule has 0 spiro atoms. The van der Waals surface area contributed by atoms with Gasteiger partial charge < -0.3 is 10.2 Å². The Hall–Kier alpha value is -0.220. The smallest absolute Gasteiger partial charge is 0.156 e. The molecular formula is C15H29N3S. The van der Waals surface area contributed by atoms with Gasteiger partial charge >= 0.3 is 0 Å². The summed E-state index contributed by atoms with van der Waals surface area (Å²) in [5, 5.41) is 5.49. The Balaban J connectivity index is 1.72. The van der Waals surface area contributed by atoms with Crippen LogP contribution >= 0.6 is 11.8 Å². The van der Waals surface area contributed by atoms with Crippen LogP contribution in [-0.4, -0.2) is 48.0 Å². The van der Waals surface area contributed by atoms with Crippen LogP contribution in [0.25, 0.3) is 0 Å². The predicted octanol–water partition coefficient (Wildman–Crippen LogP) is 2.97. The molecule has 0 amide bonds. The second-order valence-electron chi connectivity index (χ2n) is 5.89. The van der Waals surface area contributed by atoms with Crippen molar-refractivity contribution in [2.45, 2.75) is 57.2 Å². The van der Waals surface area contributed by atoms with Gasteiger partial charge in [-0.25, -0.2) is 0 Å². The molecule has 2 rings (SSSR count). The van der Waals surface area contributed by atoms with Gasteiger partial charge in [0.1, 0.15) is 0 Å². The lowest BCUT2D eigenvalue weighted by Gasteiger charge is -2.32. The summed E-state index contributed by atoms with van der Waals surface area (Å²) in [6, 6.07) is 0.698. The Bertz CT molecular complexity index is 302. The highest BCUT2D eigenvalue weighted by Crippen LogP contribution is 2.30. The minimum Gasteiger partial charge on any atom is -0.363 e. The van der Waals surface area contributed by atoms with Gasteiger partial charge in [-0.3, -0.25) is 4.99 Å². The lowest BCUT2D eigenvalue weighted by molar-refractivity contribution is 0.187. The fourth-order valence-corrected chi connectivity index (χ4v) is 4.48. The molecule has 110 valence electrons. The lowest BCUT2D eigenvalue weighted by atomic mass is 9.99. The minimum atomic E-state index is 0.698. The maximum atomic E-state index is 4.69. The fourth-order valence-electron chi connectivity index (χ4n) is 3.16. The molecule has 2 atom stereocenters. The first-order chi connectivity index (χ1) is 9.24. The van der Waals surface area contributed by atoms with Crippen molar-refractivity contribution >= 4 is 16.9 Å². The summed E-state index contributed by atoms with van der Waals surface area (Å²) in [6.07, 6.45) is 6.63. The van der Waals surface area contributed by atoms with E-state index in [1.54, 1.807) is 0 Å². The van der Waals surface area contributed by atoms with Gasteiger partial charge in [-0.1, -0.05) is 44.9 Å². The van der Waals surface area contributed by atoms with E-state index in [0.717, 1.165) is 19.0 Å². The van der Waals surface area contributed by atoms with Crippen LogP contribution in [0.2, 0.25) is 0 Å². The SMILES string of the molecule is CCC(CC)C1CN=C(NCC2CCCCN2C)S1. The van der Waals surface area contributed by atoms with Gasteiger partial charge in [0.2, 0.25) is 0 Å². The lowest BCUT2D eigenvalue weighted by Crippen LogP contribution is -2.44. The van der Waals surface area contributed by atoms with Gasteiger partial charge in [0.15, 0.2) is 5.17 Å². The van der Waals surface area contributed by atoms with E-state index < -0.39 is 0 Å². The van der Waals surface area contributed by atoms with Crippen LogP contribution in [0, 0.1) is 5.92 Å². The molecule has 2 aliphatic heterocycles. The molecule has 0 aromatic carbocycles. The molecule has 3 nitrogen and oxygen atoms in total. The molecule has 1 saturated heterocycles. The zero-order chi connectivity index (χ0) is 13.7. The molecule has 2 heterocycles. The van der Waals surface area contributed by atoms with Crippen LogP contribution < -0.4 is 5.32 Å². The van der Waals surface area contributed by atoms with E-state index in [2.05, 4.69) is 31.1 Å². The Morgan fingerprint density at radius 2 is 2.16 bits per heavy atom. The van der Waals surface area contributed by atoms with E-state index in [0.29, 0.717) is 11.3 Å². The Morgan fingerprint density at radius 1 is 1.37 bits per heavy atom. The zero-order valence-electron chi connectivity index (χ0n) is 12.7. The third kappa shape index (κ3) is 4.12. The molecule has 0 radical (unpaired) electrons. The van der Waals surface area contributed by atoms with Crippen molar-refractivity contribution in [1.82, 2.24) is 10.2 Å². The number of likely N-dealkylation sites (N-methyl/N-ethyl adjacent to an activating group) is 1. The van der Waals surface area contributed by atoms with Crippen molar-refractivity contribution in [1.29, 1.82) is 0 Å². The van der Waals surface area contributed by atoms with E-state index in [1.807, 2.05) is 11.8 Å². The van der Waals surface area contributed by atoms with Crippen LogP contribution in [0.15, 0.2) is 4.99 Å². The maximum Gasteiger partial charge on any atom is 0.156 e. The quantitative estimate of drug-likeness (QED) is 0.840. The van der Waals surface area contributed by atoms with E-state index in [1.165, 1.54) is 43.8 Å². The molecule has 19 heavy (non-hydrogen) atoms. The second-order valence-corrected chi connectivity index (χ2v) is 7.12.